The zero-order valence-corrected chi connectivity index (χ0v) is 14.2. The van der Waals surface area contributed by atoms with Crippen molar-refractivity contribution in [3.05, 3.63) is 64.7 Å². The third kappa shape index (κ3) is 4.13. The normalized spacial score (nSPS) is 11.0. The molecule has 0 fully saturated rings. The van der Waals surface area contributed by atoms with E-state index in [-0.39, 0.29) is 11.8 Å². The lowest BCUT2D eigenvalue weighted by Gasteiger charge is -2.21. The molecule has 0 aliphatic rings. The molecule has 2 aromatic carbocycles. The Hall–Kier alpha value is -2.29. The summed E-state index contributed by atoms with van der Waals surface area (Å²) in [5, 5.41) is 9.36. The number of benzene rings is 2. The van der Waals surface area contributed by atoms with Crippen LogP contribution < -0.4 is 4.74 Å². The number of carboxylic acids is 1. The quantitative estimate of drug-likeness (QED) is 0.796. The van der Waals surface area contributed by atoms with Crippen LogP contribution in [0, 0.1) is 0 Å². The molecule has 0 aliphatic carbocycles. The van der Waals surface area contributed by atoms with Crippen molar-refractivity contribution in [2.45, 2.75) is 46.1 Å². The van der Waals surface area contributed by atoms with Crippen molar-refractivity contribution in [3.8, 4) is 5.75 Å². The molecule has 0 aliphatic heterocycles. The van der Waals surface area contributed by atoms with Gasteiger partial charge >= 0.3 is 5.97 Å². The molecule has 122 valence electrons. The van der Waals surface area contributed by atoms with Gasteiger partial charge in [-0.1, -0.05) is 58.0 Å². The Labute approximate surface area is 137 Å². The lowest BCUT2D eigenvalue weighted by molar-refractivity contribution is 0.0696. The van der Waals surface area contributed by atoms with Crippen molar-refractivity contribution >= 4 is 5.97 Å². The van der Waals surface area contributed by atoms with Crippen LogP contribution in [0.4, 0.5) is 0 Å². The highest BCUT2D eigenvalue weighted by atomic mass is 16.5. The van der Waals surface area contributed by atoms with Crippen molar-refractivity contribution < 1.29 is 14.6 Å². The van der Waals surface area contributed by atoms with E-state index < -0.39 is 5.97 Å². The molecule has 0 aromatic heterocycles. The number of rotatable bonds is 6. The first-order valence-electron chi connectivity index (χ1n) is 7.98. The van der Waals surface area contributed by atoms with Gasteiger partial charge in [-0.15, -0.1) is 0 Å². The van der Waals surface area contributed by atoms with Crippen molar-refractivity contribution in [1.29, 1.82) is 0 Å². The Kier molecular flexibility index (Phi) is 5.43. The molecule has 0 heterocycles. The molecule has 2 rings (SSSR count). The first-order chi connectivity index (χ1) is 10.9. The van der Waals surface area contributed by atoms with Crippen LogP contribution >= 0.6 is 0 Å². The van der Waals surface area contributed by atoms with Gasteiger partial charge in [0, 0.05) is 0 Å². The third-order valence-electron chi connectivity index (χ3n) is 3.86. The lowest BCUT2D eigenvalue weighted by atomic mass is 9.91. The highest BCUT2D eigenvalue weighted by Gasteiger charge is 2.19. The van der Waals surface area contributed by atoms with E-state index in [1.165, 1.54) is 0 Å². The van der Waals surface area contributed by atoms with E-state index in [9.17, 15) is 9.90 Å². The van der Waals surface area contributed by atoms with E-state index >= 15 is 0 Å². The molecule has 0 atom stereocenters. The van der Waals surface area contributed by atoms with Gasteiger partial charge in [0.15, 0.2) is 0 Å². The SMILES string of the molecule is CC(C)c1cc(C(=O)O)cc(C(C)C)c1OCc1ccccc1. The van der Waals surface area contributed by atoms with Crippen molar-refractivity contribution in [3.63, 3.8) is 0 Å². The maximum atomic E-state index is 11.4. The molecule has 0 spiro atoms. The minimum atomic E-state index is -0.900. The van der Waals surface area contributed by atoms with E-state index in [1.54, 1.807) is 12.1 Å². The summed E-state index contributed by atoms with van der Waals surface area (Å²) in [4.78, 5) is 11.4. The Balaban J connectivity index is 2.44. The van der Waals surface area contributed by atoms with Crippen molar-refractivity contribution in [2.24, 2.45) is 0 Å². The van der Waals surface area contributed by atoms with Gasteiger partial charge in [-0.3, -0.25) is 0 Å². The predicted octanol–water partition coefficient (Wildman–Crippen LogP) is 5.21. The first kappa shape index (κ1) is 17.1. The molecule has 2 aromatic rings. The third-order valence-corrected chi connectivity index (χ3v) is 3.86. The molecule has 0 bridgehead atoms. The summed E-state index contributed by atoms with van der Waals surface area (Å²) >= 11 is 0. The molecule has 0 amide bonds. The van der Waals surface area contributed by atoms with Gasteiger partial charge < -0.3 is 9.84 Å². The second-order valence-corrected chi connectivity index (χ2v) is 6.37. The average Bonchev–Trinajstić information content (AvgIpc) is 2.52. The highest BCUT2D eigenvalue weighted by Crippen LogP contribution is 2.36. The second kappa shape index (κ2) is 7.32. The largest absolute Gasteiger partial charge is 0.488 e. The maximum Gasteiger partial charge on any atom is 0.335 e. The smallest absolute Gasteiger partial charge is 0.335 e. The minimum absolute atomic E-state index is 0.192. The fraction of sp³-hybridized carbons (Fsp3) is 0.350. The predicted molar refractivity (Wildman–Crippen MR) is 92.4 cm³/mol. The summed E-state index contributed by atoms with van der Waals surface area (Å²) in [5.74, 6) is 0.308. The Morgan fingerprint density at radius 2 is 1.52 bits per heavy atom. The monoisotopic (exact) mass is 312 g/mol. The summed E-state index contributed by atoms with van der Waals surface area (Å²) in [5.41, 5.74) is 3.32. The standard InChI is InChI=1S/C20H24O3/c1-13(2)17-10-16(20(21)22)11-18(14(3)4)19(17)23-12-15-8-6-5-7-9-15/h5-11,13-14H,12H2,1-4H3,(H,21,22). The Morgan fingerprint density at radius 1 is 1.00 bits per heavy atom. The van der Waals surface area contributed by atoms with E-state index in [0.29, 0.717) is 12.2 Å². The van der Waals surface area contributed by atoms with Gasteiger partial charge in [-0.05, 0) is 40.7 Å². The maximum absolute atomic E-state index is 11.4. The summed E-state index contributed by atoms with van der Waals surface area (Å²) in [6.45, 7) is 8.70. The molecule has 3 heteroatoms. The Bertz CT molecular complexity index is 644. The summed E-state index contributed by atoms with van der Waals surface area (Å²) < 4.78 is 6.12. The van der Waals surface area contributed by atoms with Gasteiger partial charge in [0.2, 0.25) is 0 Å². The summed E-state index contributed by atoms with van der Waals surface area (Å²) in [6.07, 6.45) is 0. The van der Waals surface area contributed by atoms with Gasteiger partial charge in [-0.25, -0.2) is 4.79 Å². The number of hydrogen-bond acceptors (Lipinski definition) is 2. The lowest BCUT2D eigenvalue weighted by Crippen LogP contribution is -2.08. The fourth-order valence-corrected chi connectivity index (χ4v) is 2.55. The fourth-order valence-electron chi connectivity index (χ4n) is 2.55. The Morgan fingerprint density at radius 3 is 1.96 bits per heavy atom. The van der Waals surface area contributed by atoms with Crippen molar-refractivity contribution in [2.75, 3.05) is 0 Å². The first-order valence-corrected chi connectivity index (χ1v) is 7.98. The molecule has 1 N–H and O–H groups in total. The molecule has 0 radical (unpaired) electrons. The van der Waals surface area contributed by atoms with Crippen molar-refractivity contribution in [1.82, 2.24) is 0 Å². The summed E-state index contributed by atoms with van der Waals surface area (Å²) in [7, 11) is 0. The van der Waals surface area contributed by atoms with Gasteiger partial charge in [0.25, 0.3) is 0 Å². The highest BCUT2D eigenvalue weighted by molar-refractivity contribution is 5.88. The van der Waals surface area contributed by atoms with Crippen LogP contribution in [-0.2, 0) is 6.61 Å². The number of hydrogen-bond donors (Lipinski definition) is 1. The molecule has 23 heavy (non-hydrogen) atoms. The zero-order chi connectivity index (χ0) is 17.0. The van der Waals surface area contributed by atoms with E-state index in [0.717, 1.165) is 22.4 Å². The van der Waals surface area contributed by atoms with Crippen LogP contribution in [0.3, 0.4) is 0 Å². The van der Waals surface area contributed by atoms with Gasteiger partial charge in [0.1, 0.15) is 12.4 Å². The minimum Gasteiger partial charge on any atom is -0.488 e. The van der Waals surface area contributed by atoms with Crippen LogP contribution in [0.1, 0.15) is 66.6 Å². The van der Waals surface area contributed by atoms with Crippen LogP contribution in [0.25, 0.3) is 0 Å². The molecule has 0 saturated carbocycles. The zero-order valence-electron chi connectivity index (χ0n) is 14.2. The molecule has 0 unspecified atom stereocenters. The van der Waals surface area contributed by atoms with Gasteiger partial charge in [0.05, 0.1) is 5.56 Å². The molecular weight excluding hydrogens is 288 g/mol. The van der Waals surface area contributed by atoms with E-state index in [4.69, 9.17) is 4.74 Å². The molecule has 3 nitrogen and oxygen atoms in total. The van der Waals surface area contributed by atoms with E-state index in [2.05, 4.69) is 27.7 Å². The van der Waals surface area contributed by atoms with Crippen LogP contribution in [0.5, 0.6) is 5.75 Å². The average molecular weight is 312 g/mol. The number of carbonyl (C=O) groups is 1. The van der Waals surface area contributed by atoms with Gasteiger partial charge in [-0.2, -0.15) is 0 Å². The van der Waals surface area contributed by atoms with Crippen LogP contribution in [-0.4, -0.2) is 11.1 Å². The van der Waals surface area contributed by atoms with E-state index in [1.807, 2.05) is 30.3 Å². The number of ether oxygens (including phenoxy) is 1. The summed E-state index contributed by atoms with van der Waals surface area (Å²) in [6, 6.07) is 13.5. The molecule has 0 saturated heterocycles. The number of aromatic carboxylic acids is 1. The van der Waals surface area contributed by atoms with Crippen LogP contribution in [0.2, 0.25) is 0 Å². The number of carboxylic acid groups (broad SMARTS) is 1. The van der Waals surface area contributed by atoms with Crippen LogP contribution in [0.15, 0.2) is 42.5 Å². The second-order valence-electron chi connectivity index (χ2n) is 6.37. The topological polar surface area (TPSA) is 46.5 Å². The molecular formula is C20H24O3.